The molecule has 0 aliphatic carbocycles. The molecule has 1 aliphatic heterocycles. The third kappa shape index (κ3) is 5.58. The van der Waals surface area contributed by atoms with E-state index in [0.717, 1.165) is 0 Å². The number of amidine groups is 1. The molecule has 3 rings (SSSR count). The SMILES string of the molecule is C=CCOC(=O)NC1CN(C(=NC#N)Oc2ccccc2)N=C1c1ccc(Cl)c(F)c1. The number of aliphatic imine (C=N–C) groups is 1. The molecule has 0 spiro atoms. The van der Waals surface area contributed by atoms with Crippen molar-refractivity contribution in [2.45, 2.75) is 6.04 Å². The van der Waals surface area contributed by atoms with Gasteiger partial charge in [-0.05, 0) is 24.3 Å². The first-order chi connectivity index (χ1) is 15.0. The number of hydrogen-bond donors (Lipinski definition) is 1. The van der Waals surface area contributed by atoms with E-state index >= 15 is 0 Å². The van der Waals surface area contributed by atoms with Crippen molar-refractivity contribution in [3.63, 3.8) is 0 Å². The number of nitriles is 1. The van der Waals surface area contributed by atoms with E-state index in [1.165, 1.54) is 23.2 Å². The van der Waals surface area contributed by atoms with E-state index < -0.39 is 18.0 Å². The number of carbonyl (C=O) groups is 1. The lowest BCUT2D eigenvalue weighted by atomic mass is 10.0. The van der Waals surface area contributed by atoms with Crippen LogP contribution in [0.25, 0.3) is 0 Å². The van der Waals surface area contributed by atoms with Gasteiger partial charge in [0.25, 0.3) is 0 Å². The smallest absolute Gasteiger partial charge is 0.408 e. The van der Waals surface area contributed by atoms with Crippen molar-refractivity contribution in [3.05, 3.63) is 77.6 Å². The summed E-state index contributed by atoms with van der Waals surface area (Å²) in [7, 11) is 0. The Labute approximate surface area is 182 Å². The highest BCUT2D eigenvalue weighted by Crippen LogP contribution is 2.21. The Morgan fingerprint density at radius 1 is 1.42 bits per heavy atom. The third-order valence-electron chi connectivity index (χ3n) is 4.07. The zero-order valence-electron chi connectivity index (χ0n) is 16.2. The largest absolute Gasteiger partial charge is 0.445 e. The molecule has 0 fully saturated rings. The van der Waals surface area contributed by atoms with E-state index in [4.69, 9.17) is 26.3 Å². The molecule has 1 unspecified atom stereocenters. The molecule has 0 aromatic heterocycles. The van der Waals surface area contributed by atoms with E-state index in [1.54, 1.807) is 36.5 Å². The number of alkyl carbamates (subject to hydrolysis) is 1. The lowest BCUT2D eigenvalue weighted by molar-refractivity contribution is 0.156. The molecule has 31 heavy (non-hydrogen) atoms. The highest BCUT2D eigenvalue weighted by Gasteiger charge is 2.33. The minimum absolute atomic E-state index is 0.0164. The van der Waals surface area contributed by atoms with Gasteiger partial charge in [-0.1, -0.05) is 48.5 Å². The van der Waals surface area contributed by atoms with Crippen LogP contribution in [-0.2, 0) is 4.74 Å². The summed E-state index contributed by atoms with van der Waals surface area (Å²) < 4.78 is 24.7. The molecule has 2 aromatic rings. The summed E-state index contributed by atoms with van der Waals surface area (Å²) in [5, 5.41) is 17.4. The fourth-order valence-electron chi connectivity index (χ4n) is 2.74. The van der Waals surface area contributed by atoms with Crippen molar-refractivity contribution in [3.8, 4) is 11.9 Å². The summed E-state index contributed by atoms with van der Waals surface area (Å²) in [6.45, 7) is 3.57. The topological polar surface area (TPSA) is 99.3 Å². The van der Waals surface area contributed by atoms with Crippen LogP contribution >= 0.6 is 11.6 Å². The van der Waals surface area contributed by atoms with Crippen LogP contribution in [0.2, 0.25) is 5.02 Å². The van der Waals surface area contributed by atoms with Crippen molar-refractivity contribution >= 4 is 29.4 Å². The summed E-state index contributed by atoms with van der Waals surface area (Å²) in [6, 6.07) is 12.0. The minimum Gasteiger partial charge on any atom is -0.445 e. The number of benzene rings is 2. The zero-order chi connectivity index (χ0) is 22.2. The van der Waals surface area contributed by atoms with Gasteiger partial charge >= 0.3 is 12.1 Å². The number of ether oxygens (including phenoxy) is 2. The quantitative estimate of drug-likeness (QED) is 0.330. The Balaban J connectivity index is 1.91. The van der Waals surface area contributed by atoms with Crippen molar-refractivity contribution < 1.29 is 18.7 Å². The molecule has 0 saturated carbocycles. The van der Waals surface area contributed by atoms with Crippen LogP contribution in [0.4, 0.5) is 9.18 Å². The number of nitrogens with one attached hydrogen (secondary N) is 1. The molecule has 2 aromatic carbocycles. The standard InChI is InChI=1S/C21H17ClFN5O3/c1-2-10-30-21(29)26-18-12-28(20(25-13-24)31-15-6-4-3-5-7-15)27-19(18)14-8-9-16(22)17(23)11-14/h2-9,11,18H,1,10,12H2,(H,26,29). The van der Waals surface area contributed by atoms with Crippen LogP contribution in [0.1, 0.15) is 5.56 Å². The van der Waals surface area contributed by atoms with E-state index in [0.29, 0.717) is 17.0 Å². The van der Waals surface area contributed by atoms with E-state index in [2.05, 4.69) is 22.0 Å². The number of rotatable bonds is 5. The third-order valence-corrected chi connectivity index (χ3v) is 4.38. The number of hydrazone groups is 1. The van der Waals surface area contributed by atoms with Crippen molar-refractivity contribution in [1.82, 2.24) is 10.3 Å². The van der Waals surface area contributed by atoms with E-state index in [9.17, 15) is 9.18 Å². The summed E-state index contributed by atoms with van der Waals surface area (Å²) in [5.41, 5.74) is 0.697. The summed E-state index contributed by atoms with van der Waals surface area (Å²) in [6.07, 6.45) is 2.39. The molecule has 0 radical (unpaired) electrons. The Bertz CT molecular complexity index is 1070. The second kappa shape index (κ2) is 10.2. The summed E-state index contributed by atoms with van der Waals surface area (Å²) in [5.74, 6) is -0.202. The number of amides is 1. The maximum atomic E-state index is 14.0. The van der Waals surface area contributed by atoms with Gasteiger partial charge in [-0.2, -0.15) is 10.4 Å². The maximum absolute atomic E-state index is 14.0. The van der Waals surface area contributed by atoms with Gasteiger partial charge in [-0.25, -0.2) is 14.2 Å². The van der Waals surface area contributed by atoms with Crippen LogP contribution in [0.15, 0.2) is 71.3 Å². The lowest BCUT2D eigenvalue weighted by Crippen LogP contribution is -2.44. The van der Waals surface area contributed by atoms with Gasteiger partial charge in [-0.3, -0.25) is 0 Å². The Hall–Kier alpha value is -3.90. The molecular weight excluding hydrogens is 425 g/mol. The summed E-state index contributed by atoms with van der Waals surface area (Å²) in [4.78, 5) is 15.8. The van der Waals surface area contributed by atoms with Crippen LogP contribution in [0, 0.1) is 17.3 Å². The van der Waals surface area contributed by atoms with Crippen molar-refractivity contribution in [1.29, 1.82) is 5.26 Å². The fraction of sp³-hybridized carbons (Fsp3) is 0.143. The van der Waals surface area contributed by atoms with Crippen LogP contribution in [-0.4, -0.2) is 42.0 Å². The van der Waals surface area contributed by atoms with Gasteiger partial charge in [0.15, 0.2) is 0 Å². The second-order valence-electron chi connectivity index (χ2n) is 6.19. The molecule has 1 amide bonds. The first-order valence-corrected chi connectivity index (χ1v) is 9.45. The predicted octanol–water partition coefficient (Wildman–Crippen LogP) is 3.70. The summed E-state index contributed by atoms with van der Waals surface area (Å²) >= 11 is 5.78. The highest BCUT2D eigenvalue weighted by molar-refractivity contribution is 6.30. The Kier molecular flexibility index (Phi) is 7.19. The molecular formula is C21H17ClFN5O3. The first kappa shape index (κ1) is 21.8. The van der Waals surface area contributed by atoms with Crippen molar-refractivity contribution in [2.24, 2.45) is 10.1 Å². The molecule has 158 valence electrons. The zero-order valence-corrected chi connectivity index (χ0v) is 16.9. The molecule has 0 bridgehead atoms. The van der Waals surface area contributed by atoms with E-state index in [-0.39, 0.29) is 24.2 Å². The van der Waals surface area contributed by atoms with Gasteiger partial charge in [0.05, 0.1) is 23.3 Å². The molecule has 1 atom stereocenters. The molecule has 1 N–H and O–H groups in total. The average molecular weight is 442 g/mol. The number of carbonyl (C=O) groups excluding carboxylic acids is 1. The molecule has 1 aliphatic rings. The number of para-hydroxylation sites is 1. The maximum Gasteiger partial charge on any atom is 0.408 e. The number of halogens is 2. The van der Waals surface area contributed by atoms with Gasteiger partial charge in [0.2, 0.25) is 6.19 Å². The predicted molar refractivity (Wildman–Crippen MR) is 113 cm³/mol. The van der Waals surface area contributed by atoms with Gasteiger partial charge < -0.3 is 14.8 Å². The molecule has 10 heteroatoms. The average Bonchev–Trinajstić information content (AvgIpc) is 3.18. The second-order valence-corrected chi connectivity index (χ2v) is 6.60. The van der Waals surface area contributed by atoms with Crippen molar-refractivity contribution in [2.75, 3.05) is 13.2 Å². The minimum atomic E-state index is -0.711. The Morgan fingerprint density at radius 3 is 2.87 bits per heavy atom. The highest BCUT2D eigenvalue weighted by atomic mass is 35.5. The first-order valence-electron chi connectivity index (χ1n) is 9.07. The van der Waals surface area contributed by atoms with Crippen LogP contribution in [0.3, 0.4) is 0 Å². The van der Waals surface area contributed by atoms with Crippen LogP contribution in [0.5, 0.6) is 5.75 Å². The van der Waals surface area contributed by atoms with Gasteiger partial charge in [0, 0.05) is 5.56 Å². The monoisotopic (exact) mass is 441 g/mol. The van der Waals surface area contributed by atoms with Gasteiger partial charge in [0.1, 0.15) is 18.2 Å². The van der Waals surface area contributed by atoms with Gasteiger partial charge in [-0.15, -0.1) is 4.99 Å². The molecule has 0 saturated heterocycles. The fourth-order valence-corrected chi connectivity index (χ4v) is 2.86. The molecule has 1 heterocycles. The molecule has 8 nitrogen and oxygen atoms in total. The Morgan fingerprint density at radius 2 is 2.19 bits per heavy atom. The van der Waals surface area contributed by atoms with E-state index in [1.807, 2.05) is 6.07 Å². The lowest BCUT2D eigenvalue weighted by Gasteiger charge is -2.17. The van der Waals surface area contributed by atoms with Crippen LogP contribution < -0.4 is 10.1 Å². The number of hydrogen-bond acceptors (Lipinski definition) is 6. The normalized spacial score (nSPS) is 15.6. The number of nitrogens with zero attached hydrogens (tertiary/aromatic N) is 4.